The molecule has 0 aliphatic heterocycles. The lowest BCUT2D eigenvalue weighted by atomic mass is 10.2. The molecule has 0 aliphatic carbocycles. The highest BCUT2D eigenvalue weighted by Gasteiger charge is 2.09. The number of esters is 2. The molecule has 0 aliphatic rings. The number of ether oxygens (including phenoxy) is 2. The molecule has 1 N–H and O–H groups in total. The van der Waals surface area contributed by atoms with Crippen LogP contribution in [0.25, 0.3) is 0 Å². The average molecular weight is 302 g/mol. The topological polar surface area (TPSA) is 72.8 Å². The van der Waals surface area contributed by atoms with E-state index in [2.05, 4.69) is 4.74 Å². The molecule has 2 rings (SSSR count). The summed E-state index contributed by atoms with van der Waals surface area (Å²) in [6.45, 7) is 2.03. The van der Waals surface area contributed by atoms with Crippen LogP contribution in [0.5, 0.6) is 5.75 Å². The summed E-state index contributed by atoms with van der Waals surface area (Å²) in [6.07, 6.45) is 0. The van der Waals surface area contributed by atoms with Crippen molar-refractivity contribution in [3.8, 4) is 5.75 Å². The van der Waals surface area contributed by atoms with Crippen LogP contribution in [0.2, 0.25) is 0 Å². The lowest BCUT2D eigenvalue weighted by Crippen LogP contribution is -2.04. The molecule has 2 aromatic carbocycles. The number of hydrogen-bond donors (Lipinski definition) is 1. The van der Waals surface area contributed by atoms with Crippen molar-refractivity contribution in [1.29, 1.82) is 0 Å². The van der Waals surface area contributed by atoms with Crippen LogP contribution in [0, 0.1) is 0 Å². The minimum absolute atomic E-state index is 0.0454. The summed E-state index contributed by atoms with van der Waals surface area (Å²) >= 11 is 0. The minimum atomic E-state index is -0.490. The van der Waals surface area contributed by atoms with Crippen LogP contribution in [-0.2, 0) is 9.47 Å². The lowest BCUT2D eigenvalue weighted by Gasteiger charge is -2.02. The molecule has 0 atom stereocenters. The number of phenols is 1. The molecule has 0 amide bonds. The highest BCUT2D eigenvalue weighted by molar-refractivity contribution is 5.92. The molecule has 0 heterocycles. The highest BCUT2D eigenvalue weighted by Crippen LogP contribution is 2.16. The summed E-state index contributed by atoms with van der Waals surface area (Å²) < 4.78 is 9.21. The highest BCUT2D eigenvalue weighted by atomic mass is 16.5. The Kier molecular flexibility index (Phi) is 7.19. The first-order valence-corrected chi connectivity index (χ1v) is 6.68. The number of carbonyl (C=O) groups excluding carboxylic acids is 2. The van der Waals surface area contributed by atoms with Gasteiger partial charge in [0.1, 0.15) is 11.3 Å². The number of benzene rings is 2. The zero-order valence-corrected chi connectivity index (χ0v) is 12.5. The molecule has 5 heteroatoms. The number of aromatic hydroxyl groups is 1. The molecule has 0 aromatic heterocycles. The number of hydrogen-bond acceptors (Lipinski definition) is 5. The van der Waals surface area contributed by atoms with Gasteiger partial charge in [-0.05, 0) is 31.2 Å². The normalized spacial score (nSPS) is 9.18. The minimum Gasteiger partial charge on any atom is -0.507 e. The van der Waals surface area contributed by atoms with Gasteiger partial charge in [-0.2, -0.15) is 0 Å². The van der Waals surface area contributed by atoms with Gasteiger partial charge in [-0.1, -0.05) is 30.3 Å². The van der Waals surface area contributed by atoms with Crippen molar-refractivity contribution in [3.63, 3.8) is 0 Å². The van der Waals surface area contributed by atoms with Gasteiger partial charge in [0.2, 0.25) is 0 Å². The zero-order valence-electron chi connectivity index (χ0n) is 12.5. The van der Waals surface area contributed by atoms with Crippen LogP contribution in [0.15, 0.2) is 54.6 Å². The van der Waals surface area contributed by atoms with Crippen LogP contribution in [0.4, 0.5) is 0 Å². The smallest absolute Gasteiger partial charge is 0.341 e. The number of rotatable bonds is 3. The van der Waals surface area contributed by atoms with Crippen molar-refractivity contribution in [2.24, 2.45) is 0 Å². The molecule has 0 spiro atoms. The Morgan fingerprint density at radius 1 is 0.955 bits per heavy atom. The third-order valence-corrected chi connectivity index (χ3v) is 2.59. The van der Waals surface area contributed by atoms with E-state index < -0.39 is 5.97 Å². The fourth-order valence-corrected chi connectivity index (χ4v) is 1.55. The molecule has 0 unspecified atom stereocenters. The van der Waals surface area contributed by atoms with Crippen LogP contribution in [0.1, 0.15) is 27.6 Å². The molecule has 0 saturated carbocycles. The van der Waals surface area contributed by atoms with Gasteiger partial charge < -0.3 is 14.6 Å². The van der Waals surface area contributed by atoms with Crippen molar-refractivity contribution in [3.05, 3.63) is 65.7 Å². The van der Waals surface area contributed by atoms with Gasteiger partial charge in [0, 0.05) is 0 Å². The van der Waals surface area contributed by atoms with Gasteiger partial charge >= 0.3 is 11.9 Å². The number of methoxy groups -OCH3 is 1. The fourth-order valence-electron chi connectivity index (χ4n) is 1.55. The van der Waals surface area contributed by atoms with E-state index in [9.17, 15) is 14.7 Å². The second-order valence-corrected chi connectivity index (χ2v) is 4.10. The van der Waals surface area contributed by atoms with E-state index in [0.717, 1.165) is 0 Å². The zero-order chi connectivity index (χ0) is 16.4. The van der Waals surface area contributed by atoms with E-state index in [1.807, 2.05) is 6.07 Å². The quantitative estimate of drug-likeness (QED) is 0.882. The lowest BCUT2D eigenvalue weighted by molar-refractivity contribution is 0.0522. The Bertz CT molecular complexity index is 607. The first kappa shape index (κ1) is 17.2. The van der Waals surface area contributed by atoms with Crippen LogP contribution < -0.4 is 0 Å². The van der Waals surface area contributed by atoms with Gasteiger partial charge in [-0.3, -0.25) is 0 Å². The number of phenolic OH excluding ortho intramolecular Hbond substituents is 1. The number of carbonyl (C=O) groups is 2. The van der Waals surface area contributed by atoms with Gasteiger partial charge in [-0.25, -0.2) is 9.59 Å². The fraction of sp³-hybridized carbons (Fsp3) is 0.176. The van der Waals surface area contributed by atoms with Crippen LogP contribution in [-0.4, -0.2) is 30.8 Å². The monoisotopic (exact) mass is 302 g/mol. The molecular weight excluding hydrogens is 284 g/mol. The Hall–Kier alpha value is -2.82. The molecule has 0 fully saturated rings. The largest absolute Gasteiger partial charge is 0.507 e. The van der Waals surface area contributed by atoms with E-state index in [-0.39, 0.29) is 17.3 Å². The summed E-state index contributed by atoms with van der Waals surface area (Å²) in [6, 6.07) is 15.2. The van der Waals surface area contributed by atoms with E-state index in [4.69, 9.17) is 4.74 Å². The van der Waals surface area contributed by atoms with Crippen molar-refractivity contribution < 1.29 is 24.2 Å². The molecule has 22 heavy (non-hydrogen) atoms. The molecule has 2 aromatic rings. The van der Waals surface area contributed by atoms with Crippen molar-refractivity contribution in [2.45, 2.75) is 6.92 Å². The van der Waals surface area contributed by atoms with Gasteiger partial charge in [0.25, 0.3) is 0 Å². The molecule has 0 bridgehead atoms. The summed E-state index contributed by atoms with van der Waals surface area (Å²) in [5.41, 5.74) is 0.796. The van der Waals surface area contributed by atoms with E-state index in [1.165, 1.54) is 19.2 Å². The Labute approximate surface area is 129 Å². The van der Waals surface area contributed by atoms with Gasteiger partial charge in [0.15, 0.2) is 0 Å². The second-order valence-electron chi connectivity index (χ2n) is 4.10. The summed E-state index contributed by atoms with van der Waals surface area (Å²) in [4.78, 5) is 21.9. The maximum atomic E-state index is 11.1. The summed E-state index contributed by atoms with van der Waals surface area (Å²) in [5, 5.41) is 9.21. The van der Waals surface area contributed by atoms with Crippen LogP contribution in [0.3, 0.4) is 0 Å². The van der Waals surface area contributed by atoms with Crippen LogP contribution >= 0.6 is 0 Å². The predicted molar refractivity (Wildman–Crippen MR) is 81.8 cm³/mol. The molecule has 0 radical (unpaired) electrons. The van der Waals surface area contributed by atoms with Crippen molar-refractivity contribution >= 4 is 11.9 Å². The van der Waals surface area contributed by atoms with Gasteiger partial charge in [-0.15, -0.1) is 0 Å². The van der Waals surface area contributed by atoms with E-state index in [0.29, 0.717) is 12.2 Å². The van der Waals surface area contributed by atoms with Crippen molar-refractivity contribution in [2.75, 3.05) is 13.7 Å². The predicted octanol–water partition coefficient (Wildman–Crippen LogP) is 3.04. The number of para-hydroxylation sites is 1. The molecule has 0 saturated heterocycles. The maximum absolute atomic E-state index is 11.1. The Morgan fingerprint density at radius 3 is 2.09 bits per heavy atom. The SMILES string of the molecule is CCOC(=O)c1ccccc1O.COC(=O)c1ccccc1. The first-order valence-electron chi connectivity index (χ1n) is 6.68. The average Bonchev–Trinajstić information content (AvgIpc) is 2.56. The first-order chi connectivity index (χ1) is 10.6. The third-order valence-electron chi connectivity index (χ3n) is 2.59. The second kappa shape index (κ2) is 9.18. The Morgan fingerprint density at radius 2 is 1.55 bits per heavy atom. The molecular formula is C17H18O5. The Balaban J connectivity index is 0.000000224. The van der Waals surface area contributed by atoms with E-state index in [1.54, 1.807) is 43.3 Å². The van der Waals surface area contributed by atoms with Crippen molar-refractivity contribution in [1.82, 2.24) is 0 Å². The van der Waals surface area contributed by atoms with E-state index >= 15 is 0 Å². The molecule has 5 nitrogen and oxygen atoms in total. The van der Waals surface area contributed by atoms with Gasteiger partial charge in [0.05, 0.1) is 19.3 Å². The summed E-state index contributed by atoms with van der Waals surface area (Å²) in [7, 11) is 1.37. The third kappa shape index (κ3) is 5.28. The summed E-state index contributed by atoms with van der Waals surface area (Å²) in [5.74, 6) is -0.827. The standard InChI is InChI=1S/C9H10O3.C8H8O2/c1-2-12-9(11)7-5-3-4-6-8(7)10;1-10-8(9)7-5-3-2-4-6-7/h3-6,10H,2H2,1H3;2-6H,1H3. The molecule has 116 valence electrons. The maximum Gasteiger partial charge on any atom is 0.341 e.